The van der Waals surface area contributed by atoms with Crippen LogP contribution in [0.2, 0.25) is 10.0 Å². The number of sulfonamides is 1. The molecule has 1 N–H and O–H groups in total. The van der Waals surface area contributed by atoms with E-state index in [1.807, 2.05) is 0 Å². The van der Waals surface area contributed by atoms with Crippen molar-refractivity contribution in [2.75, 3.05) is 14.1 Å². The number of H-pyrrole nitrogens is 1. The lowest BCUT2D eigenvalue weighted by atomic mass is 10.2. The van der Waals surface area contributed by atoms with Crippen LogP contribution in [0.1, 0.15) is 11.4 Å². The number of hydrogen-bond donors (Lipinski definition) is 1. The molecule has 0 amide bonds. The summed E-state index contributed by atoms with van der Waals surface area (Å²) in [5, 5.41) is 3.88. The maximum absolute atomic E-state index is 12.4. The van der Waals surface area contributed by atoms with Crippen LogP contribution in [0.15, 0.2) is 28.0 Å². The van der Waals surface area contributed by atoms with Crippen LogP contribution in [0.5, 0.6) is 0 Å². The summed E-state index contributed by atoms with van der Waals surface area (Å²) in [5.41, 5.74) is 1.17. The average molecular weight is 416 g/mol. The zero-order chi connectivity index (χ0) is 19.2. The highest BCUT2D eigenvalue weighted by molar-refractivity contribution is 7.89. The molecule has 3 aromatic rings. The summed E-state index contributed by atoms with van der Waals surface area (Å²) in [5.74, 6) is 0.437. The van der Waals surface area contributed by atoms with Gasteiger partial charge in [-0.1, -0.05) is 23.2 Å². The molecule has 0 saturated heterocycles. The van der Waals surface area contributed by atoms with E-state index < -0.39 is 15.6 Å². The van der Waals surface area contributed by atoms with Gasteiger partial charge in [0.1, 0.15) is 17.4 Å². The van der Waals surface area contributed by atoms with E-state index >= 15 is 0 Å². The fourth-order valence-electron chi connectivity index (χ4n) is 2.44. The summed E-state index contributed by atoms with van der Waals surface area (Å²) in [7, 11) is -0.636. The van der Waals surface area contributed by atoms with Crippen LogP contribution in [-0.4, -0.2) is 46.6 Å². The fourth-order valence-corrected chi connectivity index (χ4v) is 3.84. The van der Waals surface area contributed by atoms with Crippen LogP contribution in [0, 0.1) is 6.92 Å². The molecule has 0 aliphatic carbocycles. The van der Waals surface area contributed by atoms with Crippen molar-refractivity contribution in [2.24, 2.45) is 0 Å². The van der Waals surface area contributed by atoms with Crippen molar-refractivity contribution < 1.29 is 8.42 Å². The number of nitrogens with one attached hydrogen (secondary N) is 1. The number of fused-ring (bicyclic) bond motifs is 1. The minimum Gasteiger partial charge on any atom is -0.340 e. The molecule has 0 unspecified atom stereocenters. The molecule has 1 aromatic carbocycles. The van der Waals surface area contributed by atoms with Crippen LogP contribution in [-0.2, 0) is 16.6 Å². The van der Waals surface area contributed by atoms with E-state index in [1.165, 1.54) is 26.4 Å². The third-order valence-corrected chi connectivity index (χ3v) is 6.53. The van der Waals surface area contributed by atoms with Crippen LogP contribution >= 0.6 is 23.2 Å². The minimum atomic E-state index is -3.58. The predicted octanol–water partition coefficient (Wildman–Crippen LogP) is 2.03. The van der Waals surface area contributed by atoms with Gasteiger partial charge in [-0.25, -0.2) is 22.4 Å². The van der Waals surface area contributed by atoms with Crippen molar-refractivity contribution in [3.8, 4) is 0 Å². The molecule has 0 aliphatic rings. The van der Waals surface area contributed by atoms with Gasteiger partial charge >= 0.3 is 0 Å². The van der Waals surface area contributed by atoms with E-state index in [-0.39, 0.29) is 21.5 Å². The Balaban J connectivity index is 2.06. The van der Waals surface area contributed by atoms with Gasteiger partial charge in [0.05, 0.1) is 27.1 Å². The summed E-state index contributed by atoms with van der Waals surface area (Å²) in [6, 6.07) is 3.21. The van der Waals surface area contributed by atoms with Crippen molar-refractivity contribution in [1.82, 2.24) is 24.1 Å². The summed E-state index contributed by atoms with van der Waals surface area (Å²) in [6.45, 7) is 1.74. The predicted molar refractivity (Wildman–Crippen MR) is 99.3 cm³/mol. The van der Waals surface area contributed by atoms with Gasteiger partial charge in [-0.15, -0.1) is 0 Å². The number of nitrogens with zero attached hydrogens (tertiary/aromatic N) is 4. The Morgan fingerprint density at radius 2 is 1.96 bits per heavy atom. The zero-order valence-electron chi connectivity index (χ0n) is 14.1. The van der Waals surface area contributed by atoms with Crippen molar-refractivity contribution in [3.05, 3.63) is 50.1 Å². The number of hydrogen-bond acceptors (Lipinski definition) is 5. The normalized spacial score (nSPS) is 12.2. The molecule has 0 saturated carbocycles. The molecule has 11 heteroatoms. The zero-order valence-corrected chi connectivity index (χ0v) is 16.4. The Kier molecular flexibility index (Phi) is 4.82. The van der Waals surface area contributed by atoms with Crippen molar-refractivity contribution >= 4 is 44.3 Å². The number of benzene rings is 1. The molecular formula is C15H15Cl2N5O3S. The summed E-state index contributed by atoms with van der Waals surface area (Å²) < 4.78 is 27.1. The molecular weight excluding hydrogens is 401 g/mol. The Labute approximate surface area is 159 Å². The van der Waals surface area contributed by atoms with Crippen molar-refractivity contribution in [1.29, 1.82) is 0 Å². The fraction of sp³-hybridized carbons (Fsp3) is 0.267. The van der Waals surface area contributed by atoms with Crippen LogP contribution < -0.4 is 5.56 Å². The number of aromatic nitrogens is 4. The first-order chi connectivity index (χ1) is 12.1. The highest BCUT2D eigenvalue weighted by Crippen LogP contribution is 2.24. The van der Waals surface area contributed by atoms with Crippen LogP contribution in [0.25, 0.3) is 11.0 Å². The molecule has 2 aromatic heterocycles. The summed E-state index contributed by atoms with van der Waals surface area (Å²) >= 11 is 11.6. The first-order valence-corrected chi connectivity index (χ1v) is 9.63. The van der Waals surface area contributed by atoms with Gasteiger partial charge in [0.15, 0.2) is 0 Å². The van der Waals surface area contributed by atoms with Crippen molar-refractivity contribution in [2.45, 2.75) is 18.4 Å². The molecule has 0 spiro atoms. The van der Waals surface area contributed by atoms with E-state index in [4.69, 9.17) is 23.2 Å². The second kappa shape index (κ2) is 6.66. The number of halogens is 2. The van der Waals surface area contributed by atoms with Crippen molar-refractivity contribution in [3.63, 3.8) is 0 Å². The Morgan fingerprint density at radius 1 is 1.27 bits per heavy atom. The van der Waals surface area contributed by atoms with Gasteiger partial charge in [-0.05, 0) is 24.6 Å². The largest absolute Gasteiger partial charge is 0.340 e. The number of aryl methyl sites for hydroxylation is 1. The second-order valence-corrected chi connectivity index (χ2v) is 8.78. The molecule has 0 aliphatic heterocycles. The van der Waals surface area contributed by atoms with E-state index in [0.29, 0.717) is 22.4 Å². The van der Waals surface area contributed by atoms with Crippen LogP contribution in [0.4, 0.5) is 0 Å². The first-order valence-electron chi connectivity index (χ1n) is 7.44. The van der Waals surface area contributed by atoms with Gasteiger partial charge in [0.25, 0.3) is 5.56 Å². The monoisotopic (exact) mass is 415 g/mol. The van der Waals surface area contributed by atoms with Gasteiger partial charge < -0.3 is 4.98 Å². The molecule has 0 radical (unpaired) electrons. The van der Waals surface area contributed by atoms with E-state index in [2.05, 4.69) is 15.1 Å². The maximum Gasteiger partial charge on any atom is 0.287 e. The lowest BCUT2D eigenvalue weighted by molar-refractivity contribution is 0.520. The number of imidazole rings is 1. The van der Waals surface area contributed by atoms with E-state index in [1.54, 1.807) is 13.0 Å². The molecule has 0 fully saturated rings. The average Bonchev–Trinajstić information content (AvgIpc) is 2.95. The van der Waals surface area contributed by atoms with Gasteiger partial charge in [0, 0.05) is 14.1 Å². The molecule has 0 bridgehead atoms. The molecule has 8 nitrogen and oxygen atoms in total. The smallest absolute Gasteiger partial charge is 0.287 e. The van der Waals surface area contributed by atoms with Gasteiger partial charge in [-0.2, -0.15) is 5.10 Å². The lowest BCUT2D eigenvalue weighted by Crippen LogP contribution is -2.24. The topological polar surface area (TPSA) is 101 Å². The first kappa shape index (κ1) is 18.8. The highest BCUT2D eigenvalue weighted by atomic mass is 35.5. The third-order valence-electron chi connectivity index (χ3n) is 3.83. The summed E-state index contributed by atoms with van der Waals surface area (Å²) in [4.78, 5) is 19.7. The number of rotatable bonds is 4. The lowest BCUT2D eigenvalue weighted by Gasteiger charge is -2.13. The quantitative estimate of drug-likeness (QED) is 0.702. The van der Waals surface area contributed by atoms with Gasteiger partial charge in [-0.3, -0.25) is 4.79 Å². The molecule has 0 atom stereocenters. The maximum atomic E-state index is 12.4. The minimum absolute atomic E-state index is 0.0409. The third kappa shape index (κ3) is 3.23. The highest BCUT2D eigenvalue weighted by Gasteiger charge is 2.21. The van der Waals surface area contributed by atoms with E-state index in [0.717, 1.165) is 8.99 Å². The molecule has 138 valence electrons. The molecule has 2 heterocycles. The second-order valence-electron chi connectivity index (χ2n) is 5.88. The summed E-state index contributed by atoms with van der Waals surface area (Å²) in [6.07, 6.45) is 1.28. The SMILES string of the molecule is Cc1cc2nc(Cn3ncc(Cl)c(Cl)c3=O)[nH]c2cc1S(=O)(=O)N(C)C. The molecule has 3 rings (SSSR count). The molecule has 26 heavy (non-hydrogen) atoms. The standard InChI is InChI=1S/C15H15Cl2N5O3S/c1-8-4-10-11(5-12(8)26(24,25)21(2)3)20-13(19-10)7-22-15(23)14(17)9(16)6-18-22/h4-6H,7H2,1-3H3,(H,19,20). The van der Waals surface area contributed by atoms with Gasteiger partial charge in [0.2, 0.25) is 10.0 Å². The number of aromatic amines is 1. The van der Waals surface area contributed by atoms with Crippen LogP contribution in [0.3, 0.4) is 0 Å². The Morgan fingerprint density at radius 3 is 2.62 bits per heavy atom. The Hall–Kier alpha value is -1.94. The Bertz CT molecular complexity index is 1170. The van der Waals surface area contributed by atoms with E-state index in [9.17, 15) is 13.2 Å².